The highest BCUT2D eigenvalue weighted by atomic mass is 35.5. The second kappa shape index (κ2) is 18.6. The summed E-state index contributed by atoms with van der Waals surface area (Å²) >= 11 is 6.19. The van der Waals surface area contributed by atoms with E-state index in [-0.39, 0.29) is 5.02 Å². The molecule has 4 aromatic rings. The summed E-state index contributed by atoms with van der Waals surface area (Å²) < 4.78 is 35.7. The first-order valence-corrected chi connectivity index (χ1v) is 14.1. The van der Waals surface area contributed by atoms with Crippen LogP contribution in [-0.4, -0.2) is 46.9 Å². The fraction of sp³-hybridized carbons (Fsp3) is 0.323. The number of halogens is 4. The minimum atomic E-state index is -1.75. The number of hydrogen-bond donors (Lipinski definition) is 4. The Bertz CT molecular complexity index is 1520. The van der Waals surface area contributed by atoms with E-state index in [4.69, 9.17) is 23.1 Å². The maximum Gasteiger partial charge on any atom is 0.354 e. The molecule has 0 spiro atoms. The van der Waals surface area contributed by atoms with E-state index in [1.165, 1.54) is 4.57 Å². The van der Waals surface area contributed by atoms with Gasteiger partial charge in [0.2, 0.25) is 6.93 Å². The predicted molar refractivity (Wildman–Crippen MR) is 171 cm³/mol. The van der Waals surface area contributed by atoms with E-state index < -0.39 is 18.4 Å². The van der Waals surface area contributed by atoms with Gasteiger partial charge in [-0.3, -0.25) is 9.56 Å². The maximum atomic E-state index is 15.0. The molecular weight excluding hydrogens is 579 g/mol. The summed E-state index contributed by atoms with van der Waals surface area (Å²) in [5.41, 5.74) is 14.7. The van der Waals surface area contributed by atoms with Crippen LogP contribution in [0.1, 0.15) is 37.3 Å². The SMILES string of the molecule is C=C.CC(N)=NCCCNCc1ccc(-n2cc3cc(-c4cc(CCCCN)cc(Cl)c4F)[nH]c3nc2=O)cc1.FCF. The van der Waals surface area contributed by atoms with Gasteiger partial charge in [-0.05, 0) is 87.2 Å². The molecule has 0 aliphatic carbocycles. The normalized spacial score (nSPS) is 11.1. The molecule has 0 saturated heterocycles. The average Bonchev–Trinajstić information content (AvgIpc) is 3.40. The minimum absolute atomic E-state index is 0.0604. The number of nitrogens with one attached hydrogen (secondary N) is 2. The van der Waals surface area contributed by atoms with Gasteiger partial charge in [-0.1, -0.05) is 23.7 Å². The van der Waals surface area contributed by atoms with Crippen molar-refractivity contribution in [3.63, 3.8) is 0 Å². The average molecular weight is 618 g/mol. The number of hydrogen-bond acceptors (Lipinski definition) is 5. The molecule has 0 bridgehead atoms. The van der Waals surface area contributed by atoms with E-state index in [0.29, 0.717) is 53.4 Å². The second-order valence-electron chi connectivity index (χ2n) is 9.39. The van der Waals surface area contributed by atoms with Crippen LogP contribution < -0.4 is 22.5 Å². The molecule has 0 amide bonds. The van der Waals surface area contributed by atoms with Crippen LogP contribution in [0.3, 0.4) is 0 Å². The van der Waals surface area contributed by atoms with E-state index in [0.717, 1.165) is 43.4 Å². The highest BCUT2D eigenvalue weighted by Gasteiger charge is 2.15. The van der Waals surface area contributed by atoms with Crippen LogP contribution in [-0.2, 0) is 13.0 Å². The van der Waals surface area contributed by atoms with Crippen LogP contribution in [0.4, 0.5) is 13.2 Å². The van der Waals surface area contributed by atoms with Gasteiger partial charge in [0.15, 0.2) is 5.82 Å². The number of unbranched alkanes of at least 4 members (excludes halogenated alkanes) is 1. The van der Waals surface area contributed by atoms with Gasteiger partial charge in [0.05, 0.1) is 22.2 Å². The van der Waals surface area contributed by atoms with Gasteiger partial charge in [0.1, 0.15) is 5.65 Å². The number of fused-ring (bicyclic) bond motifs is 1. The number of H-pyrrole nitrogens is 1. The molecule has 6 N–H and O–H groups in total. The lowest BCUT2D eigenvalue weighted by Crippen LogP contribution is -2.20. The number of aromatic amines is 1. The molecule has 0 saturated carbocycles. The summed E-state index contributed by atoms with van der Waals surface area (Å²) in [6.07, 6.45) is 5.14. The number of aliphatic imine (C=N–C) groups is 1. The van der Waals surface area contributed by atoms with Gasteiger partial charge in [0.25, 0.3) is 0 Å². The fourth-order valence-corrected chi connectivity index (χ4v) is 4.49. The van der Waals surface area contributed by atoms with Crippen molar-refractivity contribution in [2.24, 2.45) is 16.5 Å². The van der Waals surface area contributed by atoms with Crippen molar-refractivity contribution in [1.82, 2.24) is 19.9 Å². The molecule has 0 aliphatic rings. The zero-order chi connectivity index (χ0) is 31.8. The molecule has 8 nitrogen and oxygen atoms in total. The highest BCUT2D eigenvalue weighted by molar-refractivity contribution is 6.31. The summed E-state index contributed by atoms with van der Waals surface area (Å²) in [7, 11) is 0. The summed E-state index contributed by atoms with van der Waals surface area (Å²) in [4.78, 5) is 24.3. The lowest BCUT2D eigenvalue weighted by molar-refractivity contribution is 0.295. The molecule has 43 heavy (non-hydrogen) atoms. The van der Waals surface area contributed by atoms with E-state index in [2.05, 4.69) is 33.4 Å². The Kier molecular flexibility index (Phi) is 15.2. The number of aryl methyl sites for hydroxylation is 1. The number of nitrogens with two attached hydrogens (primary N) is 2. The van der Waals surface area contributed by atoms with Gasteiger partial charge >= 0.3 is 5.69 Å². The van der Waals surface area contributed by atoms with Crippen molar-refractivity contribution in [2.45, 2.75) is 39.2 Å². The Morgan fingerprint density at radius 2 is 1.81 bits per heavy atom. The van der Waals surface area contributed by atoms with Crippen molar-refractivity contribution in [3.8, 4) is 16.9 Å². The topological polar surface area (TPSA) is 127 Å². The molecule has 0 atom stereocenters. The third kappa shape index (κ3) is 10.7. The van der Waals surface area contributed by atoms with Crippen molar-refractivity contribution < 1.29 is 13.2 Å². The van der Waals surface area contributed by atoms with Gasteiger partial charge in [-0.15, -0.1) is 13.2 Å². The molecule has 0 fully saturated rings. The van der Waals surface area contributed by atoms with Crippen molar-refractivity contribution in [3.05, 3.63) is 94.3 Å². The number of rotatable bonds is 12. The number of nitrogens with zero attached hydrogens (tertiary/aromatic N) is 3. The van der Waals surface area contributed by atoms with Crippen LogP contribution in [0.2, 0.25) is 5.02 Å². The van der Waals surface area contributed by atoms with E-state index in [9.17, 15) is 18.0 Å². The van der Waals surface area contributed by atoms with Crippen LogP contribution in [0.5, 0.6) is 0 Å². The third-order valence-corrected chi connectivity index (χ3v) is 6.50. The lowest BCUT2D eigenvalue weighted by atomic mass is 10.0. The Morgan fingerprint density at radius 3 is 2.47 bits per heavy atom. The van der Waals surface area contributed by atoms with Crippen molar-refractivity contribution in [2.75, 3.05) is 26.6 Å². The second-order valence-corrected chi connectivity index (χ2v) is 9.79. The standard InChI is InChI=1S/C28H33ClFN7O.C2H4.CH2F2/c1-18(32)34-12-4-11-33-16-19-6-8-22(9-7-19)37-17-21-15-25(35-27(21)36-28(37)38)23-13-20(5-2-3-10-31)14-24(29)26(23)30;1-2;2-1-3/h6-9,13-15,17,33H,2-5,10-12,16,31H2,1H3,(H2,32,34)(H,35,36,38);1-2H2;1H2. The first-order valence-electron chi connectivity index (χ1n) is 13.8. The van der Waals surface area contributed by atoms with Crippen LogP contribution in [0.15, 0.2) is 71.6 Å². The van der Waals surface area contributed by atoms with Gasteiger partial charge in [0, 0.05) is 30.2 Å². The molecule has 4 rings (SSSR count). The number of alkyl halides is 2. The fourth-order valence-electron chi connectivity index (χ4n) is 4.25. The van der Waals surface area contributed by atoms with Crippen molar-refractivity contribution >= 4 is 28.5 Å². The zero-order valence-electron chi connectivity index (χ0n) is 24.3. The summed E-state index contributed by atoms with van der Waals surface area (Å²) in [6, 6.07) is 12.9. The Hall–Kier alpha value is -3.93. The van der Waals surface area contributed by atoms with Gasteiger partial charge < -0.3 is 21.8 Å². The highest BCUT2D eigenvalue weighted by Crippen LogP contribution is 2.31. The smallest absolute Gasteiger partial charge is 0.354 e. The van der Waals surface area contributed by atoms with Crippen molar-refractivity contribution in [1.29, 1.82) is 0 Å². The van der Waals surface area contributed by atoms with Gasteiger partial charge in [-0.25, -0.2) is 18.0 Å². The molecule has 2 aromatic heterocycles. The first kappa shape index (κ1) is 35.3. The van der Waals surface area contributed by atoms with E-state index in [1.807, 2.05) is 24.3 Å². The van der Waals surface area contributed by atoms with Crippen LogP contribution in [0.25, 0.3) is 28.0 Å². The summed E-state index contributed by atoms with van der Waals surface area (Å²) in [6.45, 7) is 8.88. The maximum absolute atomic E-state index is 15.0. The monoisotopic (exact) mass is 617 g/mol. The molecule has 12 heteroatoms. The Morgan fingerprint density at radius 1 is 1.12 bits per heavy atom. The lowest BCUT2D eigenvalue weighted by Gasteiger charge is -2.08. The predicted octanol–water partition coefficient (Wildman–Crippen LogP) is 6.00. The number of benzene rings is 2. The molecule has 0 radical (unpaired) electrons. The van der Waals surface area contributed by atoms with Crippen LogP contribution in [0, 0.1) is 5.82 Å². The zero-order valence-corrected chi connectivity index (χ0v) is 25.1. The van der Waals surface area contributed by atoms with Crippen LogP contribution >= 0.6 is 11.6 Å². The van der Waals surface area contributed by atoms with E-state index >= 15 is 0 Å². The molecule has 2 aromatic carbocycles. The molecular formula is C31H39ClF3N7O. The summed E-state index contributed by atoms with van der Waals surface area (Å²) in [5.74, 6) is 0.0848. The third-order valence-electron chi connectivity index (χ3n) is 6.22. The Balaban J connectivity index is 0.00000121. The minimum Gasteiger partial charge on any atom is -0.388 e. The first-order chi connectivity index (χ1) is 20.8. The quantitative estimate of drug-likeness (QED) is 0.0671. The number of amidine groups is 1. The molecule has 2 heterocycles. The molecule has 0 unspecified atom stereocenters. The Labute approximate surface area is 254 Å². The van der Waals surface area contributed by atoms with Gasteiger partial charge in [-0.2, -0.15) is 4.98 Å². The summed E-state index contributed by atoms with van der Waals surface area (Å²) in [5, 5.41) is 4.12. The van der Waals surface area contributed by atoms with E-state index in [1.54, 1.807) is 31.3 Å². The number of aromatic nitrogens is 3. The molecule has 0 aliphatic heterocycles. The largest absolute Gasteiger partial charge is 0.388 e. The molecule has 232 valence electrons.